The van der Waals surface area contributed by atoms with Crippen molar-refractivity contribution in [1.29, 1.82) is 0 Å². The molecule has 0 aliphatic carbocycles. The molecule has 0 saturated heterocycles. The lowest BCUT2D eigenvalue weighted by molar-refractivity contribution is 0.374. The van der Waals surface area contributed by atoms with E-state index < -0.39 is 5.76 Å². The average Bonchev–Trinajstić information content (AvgIpc) is 2.54. The van der Waals surface area contributed by atoms with Gasteiger partial charge in [-0.2, -0.15) is 0 Å². The molecule has 0 aliphatic heterocycles. The molecular formula is C9H16N2O2. The van der Waals surface area contributed by atoms with Crippen LogP contribution in [-0.4, -0.2) is 10.1 Å². The Morgan fingerprint density at radius 2 is 2.31 bits per heavy atom. The molecule has 74 valence electrons. The van der Waals surface area contributed by atoms with Crippen molar-refractivity contribution in [1.82, 2.24) is 10.1 Å². The number of aromatic amines is 1. The number of hydrogen-bond acceptors (Lipinski definition) is 3. The summed E-state index contributed by atoms with van der Waals surface area (Å²) in [5.41, 5.74) is 0. The quantitative estimate of drug-likeness (QED) is 0.761. The Morgan fingerprint density at radius 3 is 2.77 bits per heavy atom. The van der Waals surface area contributed by atoms with Crippen LogP contribution in [0.4, 0.5) is 0 Å². The maximum atomic E-state index is 10.7. The van der Waals surface area contributed by atoms with Gasteiger partial charge in [0.15, 0.2) is 5.82 Å². The summed E-state index contributed by atoms with van der Waals surface area (Å²) in [7, 11) is 0. The van der Waals surface area contributed by atoms with E-state index in [1.165, 1.54) is 6.42 Å². The first-order valence-corrected chi connectivity index (χ1v) is 4.83. The summed E-state index contributed by atoms with van der Waals surface area (Å²) in [5.74, 6) is 0.581. The molecule has 0 aromatic carbocycles. The molecule has 0 amide bonds. The maximum absolute atomic E-state index is 10.7. The van der Waals surface area contributed by atoms with Crippen LogP contribution in [0.5, 0.6) is 0 Å². The fraction of sp³-hybridized carbons (Fsp3) is 0.778. The second kappa shape index (κ2) is 4.84. The SMILES string of the molecule is CCCCC(CC)c1noc(=O)[nH]1. The van der Waals surface area contributed by atoms with Crippen LogP contribution in [0.1, 0.15) is 51.3 Å². The van der Waals surface area contributed by atoms with Crippen molar-refractivity contribution in [2.45, 2.75) is 45.4 Å². The molecule has 1 aromatic rings. The summed E-state index contributed by atoms with van der Waals surface area (Å²) in [5, 5.41) is 3.70. The zero-order valence-corrected chi connectivity index (χ0v) is 8.17. The van der Waals surface area contributed by atoms with Gasteiger partial charge in [-0.05, 0) is 12.8 Å². The molecule has 1 atom stereocenters. The lowest BCUT2D eigenvalue weighted by atomic mass is 9.99. The van der Waals surface area contributed by atoms with E-state index >= 15 is 0 Å². The second-order valence-electron chi connectivity index (χ2n) is 3.23. The van der Waals surface area contributed by atoms with Crippen molar-refractivity contribution in [3.63, 3.8) is 0 Å². The van der Waals surface area contributed by atoms with Gasteiger partial charge in [-0.3, -0.25) is 9.51 Å². The number of nitrogens with one attached hydrogen (secondary N) is 1. The standard InChI is InChI=1S/C9H16N2O2/c1-3-5-6-7(4-2)8-10-9(12)13-11-8/h7H,3-6H2,1-2H3,(H,10,11,12). The van der Waals surface area contributed by atoms with E-state index in [-0.39, 0.29) is 0 Å². The van der Waals surface area contributed by atoms with Gasteiger partial charge in [-0.1, -0.05) is 31.8 Å². The Morgan fingerprint density at radius 1 is 1.54 bits per heavy atom. The highest BCUT2D eigenvalue weighted by atomic mass is 16.5. The minimum absolute atomic E-state index is 0.339. The van der Waals surface area contributed by atoms with E-state index in [9.17, 15) is 4.79 Å². The predicted octanol–water partition coefficient (Wildman–Crippen LogP) is 2.05. The summed E-state index contributed by atoms with van der Waals surface area (Å²) in [4.78, 5) is 13.3. The average molecular weight is 184 g/mol. The topological polar surface area (TPSA) is 58.9 Å². The molecule has 1 rings (SSSR count). The molecule has 1 N–H and O–H groups in total. The molecule has 4 heteroatoms. The smallest absolute Gasteiger partial charge is 0.296 e. The van der Waals surface area contributed by atoms with E-state index in [0.717, 1.165) is 19.3 Å². The van der Waals surface area contributed by atoms with E-state index in [1.54, 1.807) is 0 Å². The molecule has 13 heavy (non-hydrogen) atoms. The molecule has 0 aliphatic rings. The highest BCUT2D eigenvalue weighted by Crippen LogP contribution is 2.20. The van der Waals surface area contributed by atoms with Crippen LogP contribution in [0.2, 0.25) is 0 Å². The van der Waals surface area contributed by atoms with Crippen molar-refractivity contribution in [2.24, 2.45) is 0 Å². The van der Waals surface area contributed by atoms with Gasteiger partial charge < -0.3 is 0 Å². The molecular weight excluding hydrogens is 168 g/mol. The first kappa shape index (κ1) is 10.0. The number of H-pyrrole nitrogens is 1. The third-order valence-corrected chi connectivity index (χ3v) is 2.24. The molecule has 4 nitrogen and oxygen atoms in total. The van der Waals surface area contributed by atoms with Crippen LogP contribution < -0.4 is 5.76 Å². The number of aromatic nitrogens is 2. The maximum Gasteiger partial charge on any atom is 0.438 e. The first-order valence-electron chi connectivity index (χ1n) is 4.83. The predicted molar refractivity (Wildman–Crippen MR) is 49.7 cm³/mol. The lowest BCUT2D eigenvalue weighted by Gasteiger charge is -2.08. The Kier molecular flexibility index (Phi) is 3.73. The van der Waals surface area contributed by atoms with E-state index in [2.05, 4.69) is 28.5 Å². The minimum atomic E-state index is -0.454. The largest absolute Gasteiger partial charge is 0.438 e. The van der Waals surface area contributed by atoms with Gasteiger partial charge in [0.2, 0.25) is 0 Å². The number of hydrogen-bond donors (Lipinski definition) is 1. The van der Waals surface area contributed by atoms with Gasteiger partial charge in [-0.25, -0.2) is 4.79 Å². The number of unbranched alkanes of at least 4 members (excludes halogenated alkanes) is 1. The molecule has 0 saturated carbocycles. The lowest BCUT2D eigenvalue weighted by Crippen LogP contribution is -2.03. The van der Waals surface area contributed by atoms with Crippen LogP contribution >= 0.6 is 0 Å². The van der Waals surface area contributed by atoms with Crippen LogP contribution in [0.15, 0.2) is 9.32 Å². The van der Waals surface area contributed by atoms with Gasteiger partial charge >= 0.3 is 5.76 Å². The molecule has 0 spiro atoms. The van der Waals surface area contributed by atoms with E-state index in [0.29, 0.717) is 11.7 Å². The van der Waals surface area contributed by atoms with Gasteiger partial charge in [-0.15, -0.1) is 0 Å². The Bertz CT molecular complexity index is 290. The summed E-state index contributed by atoms with van der Waals surface area (Å²) < 4.78 is 4.47. The van der Waals surface area contributed by atoms with Crippen molar-refractivity contribution < 1.29 is 4.52 Å². The molecule has 0 bridgehead atoms. The molecule has 1 heterocycles. The van der Waals surface area contributed by atoms with Gasteiger partial charge in [0, 0.05) is 5.92 Å². The number of nitrogens with zero attached hydrogens (tertiary/aromatic N) is 1. The molecule has 0 radical (unpaired) electrons. The highest BCUT2D eigenvalue weighted by molar-refractivity contribution is 4.90. The zero-order chi connectivity index (χ0) is 9.68. The summed E-state index contributed by atoms with van der Waals surface area (Å²) in [6.07, 6.45) is 4.38. The second-order valence-corrected chi connectivity index (χ2v) is 3.23. The molecule has 1 aromatic heterocycles. The third kappa shape index (κ3) is 2.72. The first-order chi connectivity index (χ1) is 6.27. The summed E-state index contributed by atoms with van der Waals surface area (Å²) in [6, 6.07) is 0. The summed E-state index contributed by atoms with van der Waals surface area (Å²) in [6.45, 7) is 4.24. The Labute approximate surface area is 77.3 Å². The van der Waals surface area contributed by atoms with Crippen LogP contribution in [0.3, 0.4) is 0 Å². The van der Waals surface area contributed by atoms with Gasteiger partial charge in [0.25, 0.3) is 0 Å². The minimum Gasteiger partial charge on any atom is -0.296 e. The normalized spacial score (nSPS) is 13.1. The van der Waals surface area contributed by atoms with E-state index in [1.807, 2.05) is 0 Å². The highest BCUT2D eigenvalue weighted by Gasteiger charge is 2.13. The Hall–Kier alpha value is -1.06. The van der Waals surface area contributed by atoms with Gasteiger partial charge in [0.1, 0.15) is 0 Å². The van der Waals surface area contributed by atoms with Crippen LogP contribution in [-0.2, 0) is 0 Å². The fourth-order valence-electron chi connectivity index (χ4n) is 1.40. The van der Waals surface area contributed by atoms with Crippen LogP contribution in [0, 0.1) is 0 Å². The monoisotopic (exact) mass is 184 g/mol. The van der Waals surface area contributed by atoms with Crippen molar-refractivity contribution in [3.05, 3.63) is 16.4 Å². The Balaban J connectivity index is 2.61. The van der Waals surface area contributed by atoms with Crippen molar-refractivity contribution in [3.8, 4) is 0 Å². The molecule has 0 fully saturated rings. The van der Waals surface area contributed by atoms with Crippen molar-refractivity contribution in [2.75, 3.05) is 0 Å². The fourth-order valence-corrected chi connectivity index (χ4v) is 1.40. The molecule has 1 unspecified atom stereocenters. The number of rotatable bonds is 5. The third-order valence-electron chi connectivity index (χ3n) is 2.24. The summed E-state index contributed by atoms with van der Waals surface area (Å²) >= 11 is 0. The van der Waals surface area contributed by atoms with Gasteiger partial charge in [0.05, 0.1) is 0 Å². The van der Waals surface area contributed by atoms with Crippen LogP contribution in [0.25, 0.3) is 0 Å². The van der Waals surface area contributed by atoms with Crippen molar-refractivity contribution >= 4 is 0 Å². The van der Waals surface area contributed by atoms with E-state index in [4.69, 9.17) is 0 Å². The zero-order valence-electron chi connectivity index (χ0n) is 8.17.